The molecule has 0 spiro atoms. The van der Waals surface area contributed by atoms with Crippen LogP contribution in [0.15, 0.2) is 12.2 Å². The number of allylic oxidation sites excluding steroid dienone is 1. The van der Waals surface area contributed by atoms with Crippen LogP contribution < -0.4 is 5.32 Å². The Kier molecular flexibility index (Phi) is 5.09. The summed E-state index contributed by atoms with van der Waals surface area (Å²) in [5, 5.41) is 3.15. The number of hydrogen-bond acceptors (Lipinski definition) is 1. The SMILES string of the molecule is CNCCC=CC1CCCCC1. The van der Waals surface area contributed by atoms with Gasteiger partial charge in [0.1, 0.15) is 0 Å². The van der Waals surface area contributed by atoms with Gasteiger partial charge < -0.3 is 5.32 Å². The lowest BCUT2D eigenvalue weighted by Crippen LogP contribution is -2.06. The first kappa shape index (κ1) is 9.79. The first-order valence-corrected chi connectivity index (χ1v) is 5.24. The highest BCUT2D eigenvalue weighted by atomic mass is 14.8. The van der Waals surface area contributed by atoms with Gasteiger partial charge >= 0.3 is 0 Å². The van der Waals surface area contributed by atoms with Gasteiger partial charge in [0.25, 0.3) is 0 Å². The van der Waals surface area contributed by atoms with E-state index in [-0.39, 0.29) is 0 Å². The molecule has 0 bridgehead atoms. The van der Waals surface area contributed by atoms with E-state index in [1.165, 1.54) is 38.5 Å². The Bertz CT molecular complexity index is 123. The second-order valence-corrected chi connectivity index (χ2v) is 3.72. The van der Waals surface area contributed by atoms with E-state index in [0.29, 0.717) is 0 Å². The van der Waals surface area contributed by atoms with Crippen molar-refractivity contribution in [1.82, 2.24) is 5.32 Å². The highest BCUT2D eigenvalue weighted by Crippen LogP contribution is 2.24. The molecule has 1 rings (SSSR count). The predicted molar refractivity (Wildman–Crippen MR) is 54.3 cm³/mol. The van der Waals surface area contributed by atoms with Crippen LogP contribution in [0.2, 0.25) is 0 Å². The Morgan fingerprint density at radius 3 is 2.67 bits per heavy atom. The van der Waals surface area contributed by atoms with Crippen molar-refractivity contribution < 1.29 is 0 Å². The van der Waals surface area contributed by atoms with Crippen molar-refractivity contribution in [2.45, 2.75) is 38.5 Å². The summed E-state index contributed by atoms with van der Waals surface area (Å²) in [4.78, 5) is 0. The minimum atomic E-state index is 0.899. The molecular weight excluding hydrogens is 146 g/mol. The summed E-state index contributed by atoms with van der Waals surface area (Å²) in [5.74, 6) is 0.899. The Hall–Kier alpha value is -0.300. The second kappa shape index (κ2) is 6.24. The van der Waals surface area contributed by atoms with Crippen LogP contribution in [0, 0.1) is 5.92 Å². The largest absolute Gasteiger partial charge is 0.319 e. The van der Waals surface area contributed by atoms with Gasteiger partial charge in [-0.25, -0.2) is 0 Å². The second-order valence-electron chi connectivity index (χ2n) is 3.72. The lowest BCUT2D eigenvalue weighted by molar-refractivity contribution is 0.418. The molecule has 0 aliphatic heterocycles. The van der Waals surface area contributed by atoms with Crippen molar-refractivity contribution in [3.05, 3.63) is 12.2 Å². The third-order valence-electron chi connectivity index (χ3n) is 2.62. The molecule has 70 valence electrons. The fraction of sp³-hybridized carbons (Fsp3) is 0.818. The van der Waals surface area contributed by atoms with E-state index < -0.39 is 0 Å². The number of rotatable bonds is 4. The normalized spacial score (nSPS) is 20.4. The van der Waals surface area contributed by atoms with E-state index in [2.05, 4.69) is 17.5 Å². The number of hydrogen-bond donors (Lipinski definition) is 1. The van der Waals surface area contributed by atoms with E-state index >= 15 is 0 Å². The monoisotopic (exact) mass is 167 g/mol. The zero-order valence-corrected chi connectivity index (χ0v) is 8.18. The highest BCUT2D eigenvalue weighted by Gasteiger charge is 2.08. The van der Waals surface area contributed by atoms with Crippen molar-refractivity contribution in [3.8, 4) is 0 Å². The molecule has 1 aliphatic rings. The summed E-state index contributed by atoms with van der Waals surface area (Å²) < 4.78 is 0. The quantitative estimate of drug-likeness (QED) is 0.501. The molecule has 0 aromatic rings. The van der Waals surface area contributed by atoms with Crippen molar-refractivity contribution in [1.29, 1.82) is 0 Å². The first-order valence-electron chi connectivity index (χ1n) is 5.24. The molecule has 0 aromatic carbocycles. The zero-order chi connectivity index (χ0) is 8.65. The van der Waals surface area contributed by atoms with Crippen LogP contribution in [-0.2, 0) is 0 Å². The molecule has 0 heterocycles. The Morgan fingerprint density at radius 2 is 2.00 bits per heavy atom. The van der Waals surface area contributed by atoms with Crippen LogP contribution in [0.5, 0.6) is 0 Å². The minimum Gasteiger partial charge on any atom is -0.319 e. The van der Waals surface area contributed by atoms with E-state index in [1.54, 1.807) is 0 Å². The van der Waals surface area contributed by atoms with Crippen molar-refractivity contribution >= 4 is 0 Å². The molecule has 0 radical (unpaired) electrons. The van der Waals surface area contributed by atoms with Gasteiger partial charge in [-0.3, -0.25) is 0 Å². The summed E-state index contributed by atoms with van der Waals surface area (Å²) in [6.45, 7) is 1.11. The van der Waals surface area contributed by atoms with Crippen LogP contribution in [-0.4, -0.2) is 13.6 Å². The van der Waals surface area contributed by atoms with Gasteiger partial charge in [0.15, 0.2) is 0 Å². The molecule has 0 aromatic heterocycles. The third kappa shape index (κ3) is 3.91. The molecule has 1 heteroatoms. The molecule has 0 amide bonds. The van der Waals surface area contributed by atoms with Crippen LogP contribution >= 0.6 is 0 Å². The highest BCUT2D eigenvalue weighted by molar-refractivity contribution is 4.89. The predicted octanol–water partition coefficient (Wildman–Crippen LogP) is 2.73. The van der Waals surface area contributed by atoms with Gasteiger partial charge in [0.05, 0.1) is 0 Å². The van der Waals surface area contributed by atoms with Crippen LogP contribution in [0.3, 0.4) is 0 Å². The topological polar surface area (TPSA) is 12.0 Å². The smallest absolute Gasteiger partial charge is 0.00173 e. The standard InChI is InChI=1S/C11H21N/c1-12-10-6-5-9-11-7-3-2-4-8-11/h5,9,11-12H,2-4,6-8,10H2,1H3. The molecule has 0 saturated heterocycles. The summed E-state index contributed by atoms with van der Waals surface area (Å²) in [6, 6.07) is 0. The average molecular weight is 167 g/mol. The molecule has 0 unspecified atom stereocenters. The third-order valence-corrected chi connectivity index (χ3v) is 2.62. The maximum atomic E-state index is 3.15. The first-order chi connectivity index (χ1) is 5.93. The average Bonchev–Trinajstić information content (AvgIpc) is 2.14. The maximum absolute atomic E-state index is 3.15. The van der Waals surface area contributed by atoms with E-state index in [9.17, 15) is 0 Å². The molecule has 1 fully saturated rings. The minimum absolute atomic E-state index is 0.899. The summed E-state index contributed by atoms with van der Waals surface area (Å²) >= 11 is 0. The molecule has 1 N–H and O–H groups in total. The summed E-state index contributed by atoms with van der Waals surface area (Å²) in [5.41, 5.74) is 0. The molecule has 1 saturated carbocycles. The molecule has 1 aliphatic carbocycles. The van der Waals surface area contributed by atoms with Crippen molar-refractivity contribution in [2.75, 3.05) is 13.6 Å². The van der Waals surface area contributed by atoms with Gasteiger partial charge in [0, 0.05) is 0 Å². The fourth-order valence-corrected chi connectivity index (χ4v) is 1.84. The summed E-state index contributed by atoms with van der Waals surface area (Å²) in [7, 11) is 2.01. The van der Waals surface area contributed by atoms with Crippen molar-refractivity contribution in [3.63, 3.8) is 0 Å². The van der Waals surface area contributed by atoms with Crippen molar-refractivity contribution in [2.24, 2.45) is 5.92 Å². The number of nitrogens with one attached hydrogen (secondary N) is 1. The zero-order valence-electron chi connectivity index (χ0n) is 8.18. The lowest BCUT2D eigenvalue weighted by Gasteiger charge is -2.17. The van der Waals surface area contributed by atoms with Crippen LogP contribution in [0.1, 0.15) is 38.5 Å². The van der Waals surface area contributed by atoms with E-state index in [4.69, 9.17) is 0 Å². The molecule has 1 nitrogen and oxygen atoms in total. The lowest BCUT2D eigenvalue weighted by atomic mass is 9.89. The Balaban J connectivity index is 2.07. The fourth-order valence-electron chi connectivity index (χ4n) is 1.84. The van der Waals surface area contributed by atoms with Gasteiger partial charge in [0.2, 0.25) is 0 Å². The van der Waals surface area contributed by atoms with Gasteiger partial charge in [-0.2, -0.15) is 0 Å². The molecular formula is C11H21N. The van der Waals surface area contributed by atoms with E-state index in [0.717, 1.165) is 12.5 Å². The van der Waals surface area contributed by atoms with Crippen LogP contribution in [0.25, 0.3) is 0 Å². The molecule has 0 atom stereocenters. The molecule has 12 heavy (non-hydrogen) atoms. The van der Waals surface area contributed by atoms with E-state index in [1.807, 2.05) is 7.05 Å². The maximum Gasteiger partial charge on any atom is -0.00173 e. The van der Waals surface area contributed by atoms with Crippen LogP contribution in [0.4, 0.5) is 0 Å². The Labute approximate surface area is 76.2 Å². The van der Waals surface area contributed by atoms with Gasteiger partial charge in [-0.05, 0) is 38.8 Å². The van der Waals surface area contributed by atoms with Gasteiger partial charge in [-0.15, -0.1) is 0 Å². The van der Waals surface area contributed by atoms with Gasteiger partial charge in [-0.1, -0.05) is 31.4 Å². The Morgan fingerprint density at radius 1 is 1.25 bits per heavy atom. The summed E-state index contributed by atoms with van der Waals surface area (Å²) in [6.07, 6.45) is 13.2.